The van der Waals surface area contributed by atoms with Gasteiger partial charge in [-0.15, -0.1) is 11.3 Å². The first kappa shape index (κ1) is 13.9. The zero-order valence-corrected chi connectivity index (χ0v) is 13.2. The summed E-state index contributed by atoms with van der Waals surface area (Å²) in [5.74, 6) is 0.121. The molecule has 0 amide bonds. The fourth-order valence-electron chi connectivity index (χ4n) is 3.72. The molecule has 2 aromatic heterocycles. The van der Waals surface area contributed by atoms with Crippen molar-refractivity contribution in [1.82, 2.24) is 9.97 Å². The molecule has 1 saturated carbocycles. The lowest BCUT2D eigenvalue weighted by Gasteiger charge is -2.27. The molecule has 1 fully saturated rings. The number of rotatable bonds is 3. The number of thiophene rings is 1. The Kier molecular flexibility index (Phi) is 3.48. The minimum atomic E-state index is -0.654. The van der Waals surface area contributed by atoms with Crippen LogP contribution >= 0.6 is 11.3 Å². The highest BCUT2D eigenvalue weighted by molar-refractivity contribution is 7.19. The van der Waals surface area contributed by atoms with Gasteiger partial charge >= 0.3 is 5.97 Å². The number of anilines is 1. The highest BCUT2D eigenvalue weighted by atomic mass is 32.1. The van der Waals surface area contributed by atoms with Crippen LogP contribution in [0.1, 0.15) is 42.5 Å². The van der Waals surface area contributed by atoms with Crippen molar-refractivity contribution in [2.24, 2.45) is 5.92 Å². The fraction of sp³-hybridized carbons (Fsp3) is 0.562. The number of nitrogens with one attached hydrogen (secondary N) is 1. The predicted octanol–water partition coefficient (Wildman–Crippen LogP) is 3.24. The fourth-order valence-corrected chi connectivity index (χ4v) is 4.94. The highest BCUT2D eigenvalue weighted by Crippen LogP contribution is 2.39. The van der Waals surface area contributed by atoms with Gasteiger partial charge in [0.15, 0.2) is 0 Å². The molecule has 2 aromatic rings. The quantitative estimate of drug-likeness (QED) is 0.909. The molecule has 6 heteroatoms. The Hall–Kier alpha value is -1.69. The van der Waals surface area contributed by atoms with Crippen LogP contribution in [0.15, 0.2) is 6.33 Å². The lowest BCUT2D eigenvalue weighted by molar-refractivity contribution is -0.142. The third-order valence-corrected chi connectivity index (χ3v) is 6.12. The molecule has 22 heavy (non-hydrogen) atoms. The van der Waals surface area contributed by atoms with E-state index in [9.17, 15) is 4.79 Å². The number of aryl methyl sites for hydroxylation is 2. The van der Waals surface area contributed by atoms with E-state index >= 15 is 0 Å². The van der Waals surface area contributed by atoms with Gasteiger partial charge in [0.2, 0.25) is 0 Å². The molecule has 5 nitrogen and oxygen atoms in total. The molecule has 116 valence electrons. The first-order valence-electron chi connectivity index (χ1n) is 7.97. The summed E-state index contributed by atoms with van der Waals surface area (Å²) in [6, 6.07) is 0.325. The van der Waals surface area contributed by atoms with Crippen molar-refractivity contribution >= 4 is 33.3 Å². The van der Waals surface area contributed by atoms with Crippen LogP contribution in [0.4, 0.5) is 5.82 Å². The molecule has 0 aromatic carbocycles. The van der Waals surface area contributed by atoms with Gasteiger partial charge in [0.05, 0.1) is 11.3 Å². The largest absolute Gasteiger partial charge is 0.481 e. The maximum Gasteiger partial charge on any atom is 0.306 e. The number of carboxylic acids is 1. The number of hydrogen-bond acceptors (Lipinski definition) is 5. The topological polar surface area (TPSA) is 75.1 Å². The average Bonchev–Trinajstić information content (AvgIpc) is 3.08. The first-order valence-corrected chi connectivity index (χ1v) is 8.78. The molecule has 0 bridgehead atoms. The van der Waals surface area contributed by atoms with Gasteiger partial charge in [0.1, 0.15) is 17.0 Å². The van der Waals surface area contributed by atoms with E-state index in [1.807, 2.05) is 0 Å². The number of fused-ring (bicyclic) bond motifs is 3. The lowest BCUT2D eigenvalue weighted by atomic mass is 9.86. The van der Waals surface area contributed by atoms with Gasteiger partial charge in [-0.2, -0.15) is 0 Å². The molecule has 0 spiro atoms. The summed E-state index contributed by atoms with van der Waals surface area (Å²) in [6.07, 6.45) is 8.46. The van der Waals surface area contributed by atoms with E-state index in [4.69, 9.17) is 5.11 Å². The minimum absolute atomic E-state index is 0.172. The molecule has 0 radical (unpaired) electrons. The minimum Gasteiger partial charge on any atom is -0.481 e. The van der Waals surface area contributed by atoms with Gasteiger partial charge in [-0.1, -0.05) is 0 Å². The normalized spacial score (nSPS) is 24.4. The second-order valence-electron chi connectivity index (χ2n) is 6.29. The van der Waals surface area contributed by atoms with Crippen LogP contribution in [0.2, 0.25) is 0 Å². The van der Waals surface area contributed by atoms with Crippen molar-refractivity contribution in [3.63, 3.8) is 0 Å². The van der Waals surface area contributed by atoms with E-state index in [2.05, 4.69) is 15.3 Å². The summed E-state index contributed by atoms with van der Waals surface area (Å²) in [4.78, 5) is 22.5. The zero-order valence-electron chi connectivity index (χ0n) is 12.3. The summed E-state index contributed by atoms with van der Waals surface area (Å²) >= 11 is 1.80. The second kappa shape index (κ2) is 5.50. The van der Waals surface area contributed by atoms with Crippen LogP contribution in [0.25, 0.3) is 10.2 Å². The van der Waals surface area contributed by atoms with E-state index in [1.54, 1.807) is 17.7 Å². The summed E-state index contributed by atoms with van der Waals surface area (Å²) in [7, 11) is 0. The van der Waals surface area contributed by atoms with Crippen LogP contribution in [-0.2, 0) is 17.6 Å². The standard InChI is InChI=1S/C16H19N3O2S/c20-16(21)9-4-6-10(7-5-9)19-14-13-11-2-1-3-12(11)22-15(13)18-8-17-14/h8-10H,1-7H2,(H,20,21)(H,17,18,19). The van der Waals surface area contributed by atoms with Crippen molar-refractivity contribution in [3.05, 3.63) is 16.8 Å². The van der Waals surface area contributed by atoms with Crippen molar-refractivity contribution in [3.8, 4) is 0 Å². The predicted molar refractivity (Wildman–Crippen MR) is 86.4 cm³/mol. The van der Waals surface area contributed by atoms with Gasteiger partial charge in [0.25, 0.3) is 0 Å². The smallest absolute Gasteiger partial charge is 0.306 e. The maximum atomic E-state index is 11.0. The third kappa shape index (κ3) is 2.35. The number of carboxylic acid groups (broad SMARTS) is 1. The highest BCUT2D eigenvalue weighted by Gasteiger charge is 2.27. The van der Waals surface area contributed by atoms with Gasteiger partial charge in [0, 0.05) is 10.9 Å². The van der Waals surface area contributed by atoms with Crippen LogP contribution in [0.5, 0.6) is 0 Å². The van der Waals surface area contributed by atoms with E-state index in [-0.39, 0.29) is 5.92 Å². The van der Waals surface area contributed by atoms with Gasteiger partial charge in [-0.05, 0) is 50.5 Å². The molecule has 2 aliphatic carbocycles. The Labute approximate surface area is 132 Å². The molecule has 0 saturated heterocycles. The summed E-state index contributed by atoms with van der Waals surface area (Å²) in [5, 5.41) is 13.9. The van der Waals surface area contributed by atoms with Gasteiger partial charge in [-0.3, -0.25) is 4.79 Å². The van der Waals surface area contributed by atoms with E-state index in [0.717, 1.165) is 42.8 Å². The number of hydrogen-bond donors (Lipinski definition) is 2. The molecule has 0 atom stereocenters. The lowest BCUT2D eigenvalue weighted by Crippen LogP contribution is -2.29. The van der Waals surface area contributed by atoms with E-state index < -0.39 is 5.97 Å². The summed E-state index contributed by atoms with van der Waals surface area (Å²) < 4.78 is 0. The number of carbonyl (C=O) groups is 1. The summed E-state index contributed by atoms with van der Waals surface area (Å²) in [6.45, 7) is 0. The summed E-state index contributed by atoms with van der Waals surface area (Å²) in [5.41, 5.74) is 1.43. The molecular weight excluding hydrogens is 298 g/mol. The molecule has 4 rings (SSSR count). The Morgan fingerprint density at radius 1 is 1.23 bits per heavy atom. The van der Waals surface area contributed by atoms with Crippen LogP contribution in [0, 0.1) is 5.92 Å². The Morgan fingerprint density at radius 2 is 2.05 bits per heavy atom. The van der Waals surface area contributed by atoms with Crippen molar-refractivity contribution in [2.45, 2.75) is 51.0 Å². The molecule has 0 aliphatic heterocycles. The second-order valence-corrected chi connectivity index (χ2v) is 7.37. The van der Waals surface area contributed by atoms with Crippen LogP contribution in [-0.4, -0.2) is 27.1 Å². The molecule has 2 aliphatic rings. The Balaban J connectivity index is 1.56. The van der Waals surface area contributed by atoms with Crippen molar-refractivity contribution in [2.75, 3.05) is 5.32 Å². The molecule has 2 heterocycles. The monoisotopic (exact) mass is 317 g/mol. The molecule has 2 N–H and O–H groups in total. The molecular formula is C16H19N3O2S. The van der Waals surface area contributed by atoms with Crippen molar-refractivity contribution < 1.29 is 9.90 Å². The Morgan fingerprint density at radius 3 is 2.82 bits per heavy atom. The van der Waals surface area contributed by atoms with Crippen molar-refractivity contribution in [1.29, 1.82) is 0 Å². The maximum absolute atomic E-state index is 11.0. The number of aliphatic carboxylic acids is 1. The number of nitrogens with zero attached hydrogens (tertiary/aromatic N) is 2. The zero-order chi connectivity index (χ0) is 15.1. The number of aromatic nitrogens is 2. The van der Waals surface area contributed by atoms with E-state index in [0.29, 0.717) is 6.04 Å². The SMILES string of the molecule is O=C(O)C1CCC(Nc2ncnc3sc4c(c23)CCC4)CC1. The van der Waals surface area contributed by atoms with Gasteiger partial charge in [-0.25, -0.2) is 9.97 Å². The Bertz CT molecular complexity index is 719. The van der Waals surface area contributed by atoms with E-state index in [1.165, 1.54) is 28.7 Å². The third-order valence-electron chi connectivity index (χ3n) is 4.92. The molecule has 0 unspecified atom stereocenters. The van der Waals surface area contributed by atoms with Gasteiger partial charge < -0.3 is 10.4 Å². The average molecular weight is 317 g/mol. The van der Waals surface area contributed by atoms with Crippen LogP contribution in [0.3, 0.4) is 0 Å². The van der Waals surface area contributed by atoms with Crippen LogP contribution < -0.4 is 5.32 Å². The first-order chi connectivity index (χ1) is 10.7.